The van der Waals surface area contributed by atoms with E-state index in [4.69, 9.17) is 34.8 Å². The Morgan fingerprint density at radius 1 is 1.17 bits per heavy atom. The summed E-state index contributed by atoms with van der Waals surface area (Å²) in [5.74, 6) is 0.971. The lowest BCUT2D eigenvalue weighted by atomic mass is 9.96. The SMILES string of the molecule is Cc1nc(N2CCC2)nc(CC(C)c2ccc(Cl)cc2Cl)c1Cl. The molecule has 0 aliphatic carbocycles. The molecule has 1 aromatic heterocycles. The normalized spacial score (nSPS) is 15.4. The van der Waals surface area contributed by atoms with Crippen molar-refractivity contribution in [3.63, 3.8) is 0 Å². The average molecular weight is 371 g/mol. The van der Waals surface area contributed by atoms with Crippen molar-refractivity contribution in [2.45, 2.75) is 32.6 Å². The van der Waals surface area contributed by atoms with Gasteiger partial charge in [0.1, 0.15) is 0 Å². The second-order valence-corrected chi connectivity index (χ2v) is 7.20. The van der Waals surface area contributed by atoms with Crippen LogP contribution in [0.25, 0.3) is 0 Å². The fourth-order valence-corrected chi connectivity index (χ4v) is 3.45. The Morgan fingerprint density at radius 2 is 1.91 bits per heavy atom. The van der Waals surface area contributed by atoms with Gasteiger partial charge in [-0.15, -0.1) is 0 Å². The molecule has 3 rings (SSSR count). The van der Waals surface area contributed by atoms with Crippen molar-refractivity contribution >= 4 is 40.8 Å². The van der Waals surface area contributed by atoms with E-state index in [0.29, 0.717) is 21.5 Å². The molecule has 1 unspecified atom stereocenters. The molecule has 1 aliphatic heterocycles. The second kappa shape index (κ2) is 6.84. The van der Waals surface area contributed by atoms with Crippen LogP contribution in [-0.2, 0) is 6.42 Å². The molecule has 0 saturated carbocycles. The van der Waals surface area contributed by atoms with Crippen molar-refractivity contribution in [2.24, 2.45) is 0 Å². The Kier molecular flexibility index (Phi) is 5.00. The number of hydrogen-bond acceptors (Lipinski definition) is 3. The van der Waals surface area contributed by atoms with Crippen LogP contribution in [0.15, 0.2) is 18.2 Å². The minimum atomic E-state index is 0.191. The van der Waals surface area contributed by atoms with Gasteiger partial charge in [-0.25, -0.2) is 9.97 Å². The van der Waals surface area contributed by atoms with Gasteiger partial charge in [0, 0.05) is 23.1 Å². The summed E-state index contributed by atoms with van der Waals surface area (Å²) in [4.78, 5) is 11.4. The fraction of sp³-hybridized carbons (Fsp3) is 0.412. The van der Waals surface area contributed by atoms with Crippen molar-refractivity contribution in [1.29, 1.82) is 0 Å². The summed E-state index contributed by atoms with van der Waals surface area (Å²) in [7, 11) is 0. The molecule has 6 heteroatoms. The molecule has 0 N–H and O–H groups in total. The van der Waals surface area contributed by atoms with E-state index in [9.17, 15) is 0 Å². The van der Waals surface area contributed by atoms with Crippen LogP contribution in [0.4, 0.5) is 5.95 Å². The van der Waals surface area contributed by atoms with Crippen LogP contribution in [0.2, 0.25) is 15.1 Å². The highest BCUT2D eigenvalue weighted by molar-refractivity contribution is 6.35. The van der Waals surface area contributed by atoms with Crippen LogP contribution in [-0.4, -0.2) is 23.1 Å². The quantitative estimate of drug-likeness (QED) is 0.731. The number of aromatic nitrogens is 2. The van der Waals surface area contributed by atoms with Gasteiger partial charge in [-0.3, -0.25) is 0 Å². The Bertz CT molecular complexity index is 729. The Labute approximate surface area is 151 Å². The maximum atomic E-state index is 6.43. The lowest BCUT2D eigenvalue weighted by Gasteiger charge is -2.31. The summed E-state index contributed by atoms with van der Waals surface area (Å²) in [5.41, 5.74) is 2.75. The largest absolute Gasteiger partial charge is 0.341 e. The minimum Gasteiger partial charge on any atom is -0.341 e. The molecule has 1 saturated heterocycles. The molecular formula is C17H18Cl3N3. The number of benzene rings is 1. The molecule has 0 amide bonds. The zero-order valence-electron chi connectivity index (χ0n) is 13.1. The highest BCUT2D eigenvalue weighted by Crippen LogP contribution is 2.32. The highest BCUT2D eigenvalue weighted by Gasteiger charge is 2.21. The Morgan fingerprint density at radius 3 is 2.52 bits per heavy atom. The van der Waals surface area contributed by atoms with Crippen LogP contribution in [0, 0.1) is 6.92 Å². The van der Waals surface area contributed by atoms with Crippen LogP contribution in [0.5, 0.6) is 0 Å². The van der Waals surface area contributed by atoms with Gasteiger partial charge in [0.2, 0.25) is 5.95 Å². The smallest absolute Gasteiger partial charge is 0.225 e. The monoisotopic (exact) mass is 369 g/mol. The zero-order valence-corrected chi connectivity index (χ0v) is 15.4. The molecule has 0 radical (unpaired) electrons. The van der Waals surface area contributed by atoms with Crippen LogP contribution < -0.4 is 4.90 Å². The molecule has 1 aromatic carbocycles. The van der Waals surface area contributed by atoms with Gasteiger partial charge < -0.3 is 4.90 Å². The first kappa shape index (κ1) is 16.8. The van der Waals surface area contributed by atoms with E-state index in [1.54, 1.807) is 6.07 Å². The number of aryl methyl sites for hydroxylation is 1. The summed E-state index contributed by atoms with van der Waals surface area (Å²) < 4.78 is 0. The molecule has 3 nitrogen and oxygen atoms in total. The fourth-order valence-electron chi connectivity index (χ4n) is 2.70. The molecule has 0 bridgehead atoms. The van der Waals surface area contributed by atoms with E-state index in [1.807, 2.05) is 19.1 Å². The van der Waals surface area contributed by atoms with Gasteiger partial charge in [0.15, 0.2) is 0 Å². The lowest BCUT2D eigenvalue weighted by Crippen LogP contribution is -2.38. The lowest BCUT2D eigenvalue weighted by molar-refractivity contribution is 0.595. The molecule has 2 heterocycles. The van der Waals surface area contributed by atoms with Crippen molar-refractivity contribution in [1.82, 2.24) is 9.97 Å². The Balaban J connectivity index is 1.87. The topological polar surface area (TPSA) is 29.0 Å². The molecular weight excluding hydrogens is 353 g/mol. The molecule has 23 heavy (non-hydrogen) atoms. The van der Waals surface area contributed by atoms with Gasteiger partial charge in [-0.1, -0.05) is 47.8 Å². The van der Waals surface area contributed by atoms with Gasteiger partial charge in [0.25, 0.3) is 0 Å². The number of anilines is 1. The van der Waals surface area contributed by atoms with Crippen LogP contribution in [0.1, 0.15) is 36.2 Å². The highest BCUT2D eigenvalue weighted by atomic mass is 35.5. The summed E-state index contributed by atoms with van der Waals surface area (Å²) in [6.07, 6.45) is 1.90. The number of halogens is 3. The molecule has 1 aliphatic rings. The number of hydrogen-bond donors (Lipinski definition) is 0. The van der Waals surface area contributed by atoms with E-state index >= 15 is 0 Å². The average Bonchev–Trinajstić information content (AvgIpc) is 2.42. The summed E-state index contributed by atoms with van der Waals surface area (Å²) >= 11 is 18.7. The third-order valence-electron chi connectivity index (χ3n) is 4.21. The standard InChI is InChI=1S/C17H18Cl3N3/c1-10(13-5-4-12(18)9-14(13)19)8-15-16(20)11(2)21-17(22-15)23-6-3-7-23/h4-5,9-10H,3,6-8H2,1-2H3. The van der Waals surface area contributed by atoms with Gasteiger partial charge in [-0.2, -0.15) is 0 Å². The summed E-state index contributed by atoms with van der Waals surface area (Å²) in [6.45, 7) is 6.07. The van der Waals surface area contributed by atoms with E-state index in [0.717, 1.165) is 36.0 Å². The third-order valence-corrected chi connectivity index (χ3v) is 5.26. The molecule has 2 aromatic rings. The number of nitrogens with zero attached hydrogens (tertiary/aromatic N) is 3. The van der Waals surface area contributed by atoms with Crippen molar-refractivity contribution in [2.75, 3.05) is 18.0 Å². The first-order chi connectivity index (χ1) is 11.0. The van der Waals surface area contributed by atoms with Crippen LogP contribution in [0.3, 0.4) is 0 Å². The Hall–Kier alpha value is -1.03. The molecule has 122 valence electrons. The molecule has 0 spiro atoms. The summed E-state index contributed by atoms with van der Waals surface area (Å²) in [6, 6.07) is 5.60. The maximum Gasteiger partial charge on any atom is 0.225 e. The number of rotatable bonds is 4. The predicted octanol–water partition coefficient (Wildman–Crippen LogP) is 5.30. The van der Waals surface area contributed by atoms with Gasteiger partial charge in [-0.05, 0) is 43.4 Å². The minimum absolute atomic E-state index is 0.191. The maximum absolute atomic E-state index is 6.43. The second-order valence-electron chi connectivity index (χ2n) is 5.98. The zero-order chi connectivity index (χ0) is 16.6. The van der Waals surface area contributed by atoms with E-state index < -0.39 is 0 Å². The third kappa shape index (κ3) is 3.57. The van der Waals surface area contributed by atoms with Crippen LogP contribution >= 0.6 is 34.8 Å². The van der Waals surface area contributed by atoms with Gasteiger partial charge in [0.05, 0.1) is 16.4 Å². The van der Waals surface area contributed by atoms with E-state index in [2.05, 4.69) is 21.8 Å². The van der Waals surface area contributed by atoms with Crippen molar-refractivity contribution in [3.8, 4) is 0 Å². The first-order valence-electron chi connectivity index (χ1n) is 7.68. The van der Waals surface area contributed by atoms with Gasteiger partial charge >= 0.3 is 0 Å². The first-order valence-corrected chi connectivity index (χ1v) is 8.82. The summed E-state index contributed by atoms with van der Waals surface area (Å²) in [5, 5.41) is 1.96. The predicted molar refractivity (Wildman–Crippen MR) is 97.2 cm³/mol. The van der Waals surface area contributed by atoms with E-state index in [1.165, 1.54) is 6.42 Å². The van der Waals surface area contributed by atoms with E-state index in [-0.39, 0.29) is 5.92 Å². The molecule has 1 fully saturated rings. The van der Waals surface area contributed by atoms with Crippen molar-refractivity contribution in [3.05, 3.63) is 50.2 Å². The van der Waals surface area contributed by atoms with Crippen molar-refractivity contribution < 1.29 is 0 Å². The molecule has 1 atom stereocenters.